The number of para-hydroxylation sites is 1. The molecule has 10 heteroatoms. The number of rotatable bonds is 7. The van der Waals surface area contributed by atoms with Crippen molar-refractivity contribution in [2.45, 2.75) is 13.1 Å². The number of benzene rings is 2. The highest BCUT2D eigenvalue weighted by Gasteiger charge is 2.30. The zero-order valence-corrected chi connectivity index (χ0v) is 16.8. The average molecular weight is 448 g/mol. The molecular formula is C19H18Cl2F3N3O2. The number of nitrogens with zero attached hydrogens (tertiary/aromatic N) is 1. The van der Waals surface area contributed by atoms with Crippen molar-refractivity contribution in [3.8, 4) is 0 Å². The number of alkyl halides is 3. The van der Waals surface area contributed by atoms with Gasteiger partial charge >= 0.3 is 6.18 Å². The Morgan fingerprint density at radius 1 is 0.931 bits per heavy atom. The van der Waals surface area contributed by atoms with Crippen molar-refractivity contribution in [1.29, 1.82) is 0 Å². The second-order valence-electron chi connectivity index (χ2n) is 6.07. The molecule has 0 saturated carbocycles. The zero-order chi connectivity index (χ0) is 21.6. The average Bonchev–Trinajstić information content (AvgIpc) is 2.64. The van der Waals surface area contributed by atoms with Crippen molar-refractivity contribution in [1.82, 2.24) is 4.90 Å². The minimum Gasteiger partial charge on any atom is -0.325 e. The van der Waals surface area contributed by atoms with E-state index in [1.807, 2.05) is 0 Å². The topological polar surface area (TPSA) is 61.4 Å². The normalized spacial score (nSPS) is 11.4. The smallest absolute Gasteiger partial charge is 0.325 e. The summed E-state index contributed by atoms with van der Waals surface area (Å²) in [5, 5.41) is 5.68. The van der Waals surface area contributed by atoms with Crippen LogP contribution in [0.4, 0.5) is 24.5 Å². The van der Waals surface area contributed by atoms with Crippen LogP contribution in [0.5, 0.6) is 0 Å². The van der Waals surface area contributed by atoms with E-state index in [1.165, 1.54) is 12.1 Å². The summed E-state index contributed by atoms with van der Waals surface area (Å²) in [5.41, 5.74) is -0.293. The molecule has 0 unspecified atom stereocenters. The van der Waals surface area contributed by atoms with Gasteiger partial charge in [-0.3, -0.25) is 14.5 Å². The van der Waals surface area contributed by atoms with Crippen molar-refractivity contribution in [2.24, 2.45) is 0 Å². The van der Waals surface area contributed by atoms with E-state index >= 15 is 0 Å². The number of likely N-dealkylation sites (N-methyl/N-ethyl adjacent to an activating group) is 1. The predicted octanol–water partition coefficient (Wildman–Crippen LogP) is 4.91. The summed E-state index contributed by atoms with van der Waals surface area (Å²) in [6.45, 7) is 1.94. The number of hydrogen-bond donors (Lipinski definition) is 2. The number of nitrogens with one attached hydrogen (secondary N) is 2. The summed E-state index contributed by atoms with van der Waals surface area (Å²) in [6, 6.07) is 8.91. The number of carbonyl (C=O) groups is 2. The van der Waals surface area contributed by atoms with Crippen LogP contribution in [0, 0.1) is 0 Å². The van der Waals surface area contributed by atoms with Crippen molar-refractivity contribution in [3.63, 3.8) is 0 Å². The van der Waals surface area contributed by atoms with Crippen LogP contribution in [0.1, 0.15) is 12.5 Å². The summed E-state index contributed by atoms with van der Waals surface area (Å²) in [7, 11) is 0. The summed E-state index contributed by atoms with van der Waals surface area (Å²) in [5.74, 6) is -0.876. The molecule has 0 bridgehead atoms. The van der Waals surface area contributed by atoms with Crippen LogP contribution >= 0.6 is 23.2 Å². The molecule has 0 fully saturated rings. The fraction of sp³-hybridized carbons (Fsp3) is 0.263. The first-order chi connectivity index (χ1) is 13.6. The molecular weight excluding hydrogens is 430 g/mol. The van der Waals surface area contributed by atoms with Crippen LogP contribution < -0.4 is 10.6 Å². The number of halogens is 5. The van der Waals surface area contributed by atoms with E-state index in [2.05, 4.69) is 10.6 Å². The van der Waals surface area contributed by atoms with E-state index in [0.29, 0.717) is 6.54 Å². The highest BCUT2D eigenvalue weighted by molar-refractivity contribution is 6.39. The van der Waals surface area contributed by atoms with Gasteiger partial charge in [0.15, 0.2) is 0 Å². The molecule has 0 radical (unpaired) electrons. The Kier molecular flexibility index (Phi) is 7.89. The second kappa shape index (κ2) is 9.96. The van der Waals surface area contributed by atoms with Crippen LogP contribution in [-0.4, -0.2) is 36.3 Å². The molecule has 0 heterocycles. The maximum absolute atomic E-state index is 12.6. The molecule has 2 amide bonds. The van der Waals surface area contributed by atoms with Gasteiger partial charge in [-0.2, -0.15) is 13.2 Å². The Morgan fingerprint density at radius 2 is 1.45 bits per heavy atom. The molecule has 156 valence electrons. The van der Waals surface area contributed by atoms with Crippen LogP contribution in [0.2, 0.25) is 10.0 Å². The molecule has 0 aliphatic carbocycles. The highest BCUT2D eigenvalue weighted by Crippen LogP contribution is 2.30. The first kappa shape index (κ1) is 23.0. The lowest BCUT2D eigenvalue weighted by molar-refractivity contribution is -0.137. The lowest BCUT2D eigenvalue weighted by Gasteiger charge is -2.20. The van der Waals surface area contributed by atoms with E-state index < -0.39 is 23.6 Å². The van der Waals surface area contributed by atoms with Gasteiger partial charge in [0.25, 0.3) is 0 Å². The van der Waals surface area contributed by atoms with E-state index in [9.17, 15) is 22.8 Å². The van der Waals surface area contributed by atoms with E-state index in [-0.39, 0.29) is 34.5 Å². The maximum atomic E-state index is 12.6. The molecule has 0 saturated heterocycles. The van der Waals surface area contributed by atoms with Crippen molar-refractivity contribution < 1.29 is 22.8 Å². The third kappa shape index (κ3) is 6.92. The lowest BCUT2D eigenvalue weighted by Crippen LogP contribution is -2.38. The molecule has 0 aromatic heterocycles. The number of carbonyl (C=O) groups excluding carboxylic acids is 2. The Labute approximate surface area is 175 Å². The Morgan fingerprint density at radius 3 is 1.93 bits per heavy atom. The molecule has 2 aromatic rings. The highest BCUT2D eigenvalue weighted by atomic mass is 35.5. The Hall–Kier alpha value is -2.29. The minimum atomic E-state index is -4.44. The summed E-state index contributed by atoms with van der Waals surface area (Å²) in [4.78, 5) is 26.0. The number of amides is 2. The van der Waals surface area contributed by atoms with E-state index in [4.69, 9.17) is 23.2 Å². The third-order valence-corrected chi connectivity index (χ3v) is 4.53. The predicted molar refractivity (Wildman–Crippen MR) is 107 cm³/mol. The van der Waals surface area contributed by atoms with Crippen molar-refractivity contribution >= 4 is 46.4 Å². The van der Waals surface area contributed by atoms with Gasteiger partial charge in [0.05, 0.1) is 34.4 Å². The van der Waals surface area contributed by atoms with Gasteiger partial charge < -0.3 is 10.6 Å². The van der Waals surface area contributed by atoms with Crippen molar-refractivity contribution in [2.75, 3.05) is 30.3 Å². The Balaban J connectivity index is 1.91. The SMILES string of the molecule is CCN(CC(=O)Nc1ccc(C(F)(F)F)cc1)CC(=O)Nc1c(Cl)cccc1Cl. The van der Waals surface area contributed by atoms with Gasteiger partial charge in [0, 0.05) is 5.69 Å². The van der Waals surface area contributed by atoms with Crippen molar-refractivity contribution in [3.05, 3.63) is 58.1 Å². The molecule has 5 nitrogen and oxygen atoms in total. The summed E-state index contributed by atoms with van der Waals surface area (Å²) in [6.07, 6.45) is -4.44. The van der Waals surface area contributed by atoms with Gasteiger partial charge in [0.2, 0.25) is 11.8 Å². The third-order valence-electron chi connectivity index (χ3n) is 3.90. The largest absolute Gasteiger partial charge is 0.416 e. The van der Waals surface area contributed by atoms with Gasteiger partial charge in [0.1, 0.15) is 0 Å². The summed E-state index contributed by atoms with van der Waals surface area (Å²) >= 11 is 12.0. The molecule has 29 heavy (non-hydrogen) atoms. The van der Waals surface area contributed by atoms with Crippen LogP contribution in [0.3, 0.4) is 0 Å². The standard InChI is InChI=1S/C19H18Cl2F3N3O2/c1-2-27(11-17(29)26-18-14(20)4-3-5-15(18)21)10-16(28)25-13-8-6-12(7-9-13)19(22,23)24/h3-9H,2,10-11H2,1H3,(H,25,28)(H,26,29). The first-order valence-electron chi connectivity index (χ1n) is 8.53. The first-order valence-corrected chi connectivity index (χ1v) is 9.29. The van der Waals surface area contributed by atoms with Gasteiger partial charge in [-0.15, -0.1) is 0 Å². The number of hydrogen-bond acceptors (Lipinski definition) is 3. The monoisotopic (exact) mass is 447 g/mol. The molecule has 0 atom stereocenters. The minimum absolute atomic E-state index is 0.0987. The molecule has 2 N–H and O–H groups in total. The van der Waals surface area contributed by atoms with Gasteiger partial charge in [-0.1, -0.05) is 36.2 Å². The Bertz CT molecular complexity index is 854. The fourth-order valence-corrected chi connectivity index (χ4v) is 2.92. The van der Waals surface area contributed by atoms with E-state index in [1.54, 1.807) is 30.0 Å². The number of anilines is 2. The lowest BCUT2D eigenvalue weighted by atomic mass is 10.2. The molecule has 2 aromatic carbocycles. The molecule has 0 spiro atoms. The van der Waals surface area contributed by atoms with Crippen LogP contribution in [0.15, 0.2) is 42.5 Å². The molecule has 2 rings (SSSR count). The fourth-order valence-electron chi connectivity index (χ4n) is 2.42. The summed E-state index contributed by atoms with van der Waals surface area (Å²) < 4.78 is 37.7. The van der Waals surface area contributed by atoms with E-state index in [0.717, 1.165) is 12.1 Å². The van der Waals surface area contributed by atoms with Crippen LogP contribution in [0.25, 0.3) is 0 Å². The van der Waals surface area contributed by atoms with Crippen LogP contribution in [-0.2, 0) is 15.8 Å². The zero-order valence-electron chi connectivity index (χ0n) is 15.3. The van der Waals surface area contributed by atoms with Gasteiger partial charge in [-0.25, -0.2) is 0 Å². The second-order valence-corrected chi connectivity index (χ2v) is 6.89. The quantitative estimate of drug-likeness (QED) is 0.633. The maximum Gasteiger partial charge on any atom is 0.416 e. The van der Waals surface area contributed by atoms with Gasteiger partial charge in [-0.05, 0) is 42.9 Å². The molecule has 0 aliphatic rings. The molecule has 0 aliphatic heterocycles.